The van der Waals surface area contributed by atoms with Crippen molar-refractivity contribution in [3.8, 4) is 0 Å². The highest BCUT2D eigenvalue weighted by Gasteiger charge is 2.51. The minimum atomic E-state index is -2.04. The van der Waals surface area contributed by atoms with E-state index in [1.165, 1.54) is 16.0 Å². The molecule has 6 nitrogen and oxygen atoms in total. The molecule has 0 saturated heterocycles. The number of hydrogen-bond donors (Lipinski definition) is 1. The van der Waals surface area contributed by atoms with E-state index in [-0.39, 0.29) is 18.9 Å². The van der Waals surface area contributed by atoms with E-state index in [2.05, 4.69) is 6.07 Å². The second-order valence-electron chi connectivity index (χ2n) is 8.29. The number of para-hydroxylation sites is 1. The number of aliphatic hydroxyl groups is 1. The molecule has 0 fully saturated rings. The molecule has 5 rings (SSSR count). The van der Waals surface area contributed by atoms with Gasteiger partial charge in [-0.2, -0.15) is 0 Å². The molecule has 0 bridgehead atoms. The van der Waals surface area contributed by atoms with Crippen molar-refractivity contribution in [3.63, 3.8) is 0 Å². The fourth-order valence-corrected chi connectivity index (χ4v) is 4.99. The summed E-state index contributed by atoms with van der Waals surface area (Å²) >= 11 is 0. The molecule has 1 amide bonds. The molecule has 3 aromatic rings. The average Bonchev–Trinajstić information content (AvgIpc) is 3.29. The molecule has 1 aliphatic heterocycles. The normalized spacial score (nSPS) is 18.8. The first-order chi connectivity index (χ1) is 15.4. The number of ketones is 1. The summed E-state index contributed by atoms with van der Waals surface area (Å²) in [4.78, 5) is 40.0. The molecule has 0 saturated carbocycles. The Morgan fingerprint density at radius 1 is 1.03 bits per heavy atom. The zero-order valence-electron chi connectivity index (χ0n) is 17.8. The van der Waals surface area contributed by atoms with E-state index in [0.717, 1.165) is 23.6 Å². The Kier molecular flexibility index (Phi) is 4.82. The minimum Gasteiger partial charge on any atom is -0.465 e. The molecule has 1 N–H and O–H groups in total. The molecular formula is C26H23NO5. The van der Waals surface area contributed by atoms with Gasteiger partial charge < -0.3 is 9.84 Å². The molecular weight excluding hydrogens is 406 g/mol. The Morgan fingerprint density at radius 2 is 1.78 bits per heavy atom. The summed E-state index contributed by atoms with van der Waals surface area (Å²) in [6.45, 7) is 1.56. The molecule has 0 aromatic heterocycles. The van der Waals surface area contributed by atoms with Crippen molar-refractivity contribution >= 4 is 34.1 Å². The number of amides is 1. The standard InChI is InChI=1S/C26H23NO5/c1-2-32-23(29)15-27-21-9-4-3-8-20(21)26(31,25(27)30)14-22(28)18-13-12-17-11-10-16-6-5-7-19(18)24(16)17/h3-9,12-13,31H,2,10-11,14-15H2,1H3/t26-/m1/s1. The third-order valence-corrected chi connectivity index (χ3v) is 6.43. The molecule has 6 heteroatoms. The van der Waals surface area contributed by atoms with Crippen LogP contribution < -0.4 is 4.90 Å². The highest BCUT2D eigenvalue weighted by atomic mass is 16.5. The number of anilines is 1. The van der Waals surface area contributed by atoms with Crippen LogP contribution >= 0.6 is 0 Å². The van der Waals surface area contributed by atoms with Crippen LogP contribution in [-0.2, 0) is 32.8 Å². The van der Waals surface area contributed by atoms with Crippen LogP contribution in [0, 0.1) is 0 Å². The molecule has 3 aromatic carbocycles. The monoisotopic (exact) mass is 429 g/mol. The zero-order valence-corrected chi connectivity index (χ0v) is 17.8. The highest BCUT2D eigenvalue weighted by Crippen LogP contribution is 2.43. The molecule has 0 unspecified atom stereocenters. The van der Waals surface area contributed by atoms with Gasteiger partial charge in [-0.25, -0.2) is 0 Å². The van der Waals surface area contributed by atoms with E-state index >= 15 is 0 Å². The number of rotatable bonds is 6. The van der Waals surface area contributed by atoms with Crippen LogP contribution in [0.3, 0.4) is 0 Å². The average molecular weight is 429 g/mol. The third kappa shape index (κ3) is 3.02. The van der Waals surface area contributed by atoms with Crippen molar-refractivity contribution in [2.45, 2.75) is 31.8 Å². The van der Waals surface area contributed by atoms with Gasteiger partial charge in [0.15, 0.2) is 11.4 Å². The quantitative estimate of drug-likeness (QED) is 0.480. The Balaban J connectivity index is 1.52. The number of carbonyl (C=O) groups excluding carboxylic acids is 3. The van der Waals surface area contributed by atoms with Gasteiger partial charge in [0.2, 0.25) is 0 Å². The lowest BCUT2D eigenvalue weighted by atomic mass is 9.86. The van der Waals surface area contributed by atoms with E-state index in [9.17, 15) is 19.5 Å². The number of esters is 1. The fourth-order valence-electron chi connectivity index (χ4n) is 4.99. The van der Waals surface area contributed by atoms with Crippen LogP contribution in [0.2, 0.25) is 0 Å². The van der Waals surface area contributed by atoms with E-state index in [0.29, 0.717) is 16.8 Å². The molecule has 2 aliphatic rings. The van der Waals surface area contributed by atoms with Gasteiger partial charge in [0.1, 0.15) is 6.54 Å². The summed E-state index contributed by atoms with van der Waals surface area (Å²) in [6.07, 6.45) is 1.49. The molecule has 1 heterocycles. The number of benzene rings is 3. The molecule has 32 heavy (non-hydrogen) atoms. The zero-order chi connectivity index (χ0) is 22.5. The highest BCUT2D eigenvalue weighted by molar-refractivity contribution is 6.15. The molecule has 1 atom stereocenters. The van der Waals surface area contributed by atoms with Crippen LogP contribution in [0.5, 0.6) is 0 Å². The van der Waals surface area contributed by atoms with Crippen LogP contribution in [0.25, 0.3) is 10.8 Å². The Bertz CT molecular complexity index is 1270. The van der Waals surface area contributed by atoms with E-state index in [4.69, 9.17) is 4.74 Å². The molecule has 1 aliphatic carbocycles. The summed E-state index contributed by atoms with van der Waals surface area (Å²) in [7, 11) is 0. The molecule has 0 spiro atoms. The summed E-state index contributed by atoms with van der Waals surface area (Å²) in [5, 5.41) is 13.4. The third-order valence-electron chi connectivity index (χ3n) is 6.43. The maximum Gasteiger partial charge on any atom is 0.326 e. The van der Waals surface area contributed by atoms with Crippen LogP contribution in [0.4, 0.5) is 5.69 Å². The Labute approximate surface area is 185 Å². The number of Topliss-reactive ketones (excluding diaryl/α,β-unsaturated/α-hetero) is 1. The second-order valence-corrected chi connectivity index (χ2v) is 8.29. The van der Waals surface area contributed by atoms with Crippen molar-refractivity contribution in [2.75, 3.05) is 18.1 Å². The smallest absolute Gasteiger partial charge is 0.326 e. The fraction of sp³-hybridized carbons (Fsp3) is 0.269. The van der Waals surface area contributed by atoms with Gasteiger partial charge in [-0.3, -0.25) is 19.3 Å². The summed E-state index contributed by atoms with van der Waals surface area (Å²) < 4.78 is 4.98. The number of carbonyl (C=O) groups is 3. The predicted octanol–water partition coefficient (Wildman–Crippen LogP) is 3.31. The van der Waals surface area contributed by atoms with Gasteiger partial charge in [0.05, 0.1) is 18.7 Å². The van der Waals surface area contributed by atoms with Gasteiger partial charge >= 0.3 is 5.97 Å². The summed E-state index contributed by atoms with van der Waals surface area (Å²) in [6, 6.07) is 16.4. The summed E-state index contributed by atoms with van der Waals surface area (Å²) in [5.74, 6) is -1.57. The van der Waals surface area contributed by atoms with Crippen molar-refractivity contribution in [1.29, 1.82) is 0 Å². The van der Waals surface area contributed by atoms with Gasteiger partial charge in [-0.05, 0) is 47.7 Å². The summed E-state index contributed by atoms with van der Waals surface area (Å²) in [5.41, 5.74) is 1.63. The second kappa shape index (κ2) is 7.57. The van der Waals surface area contributed by atoms with Crippen LogP contribution in [-0.4, -0.2) is 35.9 Å². The maximum absolute atomic E-state index is 13.4. The Hall–Kier alpha value is -3.51. The minimum absolute atomic E-state index is 0.191. The predicted molar refractivity (Wildman–Crippen MR) is 120 cm³/mol. The number of ether oxygens (including phenoxy) is 1. The first kappa shape index (κ1) is 20.4. The van der Waals surface area contributed by atoms with E-state index in [1.54, 1.807) is 37.3 Å². The lowest BCUT2D eigenvalue weighted by molar-refractivity contribution is -0.144. The van der Waals surface area contributed by atoms with Gasteiger partial charge in [-0.15, -0.1) is 0 Å². The molecule has 162 valence electrons. The number of nitrogens with zero attached hydrogens (tertiary/aromatic N) is 1. The lowest BCUT2D eigenvalue weighted by Gasteiger charge is -2.22. The van der Waals surface area contributed by atoms with E-state index < -0.39 is 23.9 Å². The largest absolute Gasteiger partial charge is 0.465 e. The number of aryl methyl sites for hydroxylation is 2. The number of hydrogen-bond acceptors (Lipinski definition) is 5. The number of fused-ring (bicyclic) bond motifs is 1. The van der Waals surface area contributed by atoms with Crippen LogP contribution in [0.15, 0.2) is 54.6 Å². The van der Waals surface area contributed by atoms with Crippen molar-refractivity contribution in [1.82, 2.24) is 0 Å². The first-order valence-corrected chi connectivity index (χ1v) is 10.8. The molecule has 0 radical (unpaired) electrons. The lowest BCUT2D eigenvalue weighted by Crippen LogP contribution is -2.44. The van der Waals surface area contributed by atoms with Gasteiger partial charge in [-0.1, -0.05) is 48.5 Å². The van der Waals surface area contributed by atoms with Crippen molar-refractivity contribution in [2.24, 2.45) is 0 Å². The van der Waals surface area contributed by atoms with Gasteiger partial charge in [0, 0.05) is 11.1 Å². The van der Waals surface area contributed by atoms with Crippen molar-refractivity contribution < 1.29 is 24.2 Å². The van der Waals surface area contributed by atoms with E-state index in [1.807, 2.05) is 18.2 Å². The Morgan fingerprint density at radius 3 is 2.56 bits per heavy atom. The topological polar surface area (TPSA) is 83.9 Å². The van der Waals surface area contributed by atoms with Crippen molar-refractivity contribution in [3.05, 3.63) is 76.9 Å². The maximum atomic E-state index is 13.4. The van der Waals surface area contributed by atoms with Gasteiger partial charge in [0.25, 0.3) is 5.91 Å². The first-order valence-electron chi connectivity index (χ1n) is 10.8. The SMILES string of the molecule is CCOC(=O)CN1C(=O)[C@@](O)(CC(=O)c2ccc3c4c(cccc24)CC3)c2ccccc21. The van der Waals surface area contributed by atoms with Crippen LogP contribution in [0.1, 0.15) is 40.4 Å².